The molecule has 1 aliphatic heterocycles. The molecule has 0 amide bonds. The summed E-state index contributed by atoms with van der Waals surface area (Å²) >= 11 is 0. The van der Waals surface area contributed by atoms with Crippen LogP contribution < -0.4 is 10.2 Å². The van der Waals surface area contributed by atoms with Gasteiger partial charge in [-0.05, 0) is 57.3 Å². The molecule has 0 unspecified atom stereocenters. The lowest BCUT2D eigenvalue weighted by atomic mass is 10.1. The molecule has 0 spiro atoms. The predicted molar refractivity (Wildman–Crippen MR) is 90.0 cm³/mol. The van der Waals surface area contributed by atoms with E-state index in [1.807, 2.05) is 0 Å². The molecule has 1 saturated heterocycles. The highest BCUT2D eigenvalue weighted by atomic mass is 15.2. The number of rotatable bonds is 7. The van der Waals surface area contributed by atoms with Crippen LogP contribution in [0.25, 0.3) is 0 Å². The third-order valence-electron chi connectivity index (χ3n) is 4.76. The first-order valence-corrected chi connectivity index (χ1v) is 8.49. The van der Waals surface area contributed by atoms with E-state index in [1.54, 1.807) is 0 Å². The lowest BCUT2D eigenvalue weighted by Crippen LogP contribution is -2.32. The van der Waals surface area contributed by atoms with Crippen molar-refractivity contribution < 1.29 is 0 Å². The average Bonchev–Trinajstić information content (AvgIpc) is 3.16. The molecule has 3 heteroatoms. The minimum absolute atomic E-state index is 0.772. The van der Waals surface area contributed by atoms with Crippen molar-refractivity contribution in [2.45, 2.75) is 45.2 Å². The number of benzene rings is 1. The number of aryl methyl sites for hydroxylation is 1. The molecule has 0 atom stereocenters. The van der Waals surface area contributed by atoms with Crippen molar-refractivity contribution in [2.24, 2.45) is 0 Å². The molecule has 0 aromatic heterocycles. The highest BCUT2D eigenvalue weighted by Gasteiger charge is 2.21. The smallest absolute Gasteiger partial charge is 0.0409 e. The zero-order valence-corrected chi connectivity index (χ0v) is 13.6. The molecule has 1 aliphatic carbocycles. The zero-order valence-electron chi connectivity index (χ0n) is 13.6. The Morgan fingerprint density at radius 2 is 2.00 bits per heavy atom. The van der Waals surface area contributed by atoms with Crippen LogP contribution in [-0.4, -0.2) is 44.2 Å². The maximum absolute atomic E-state index is 3.66. The van der Waals surface area contributed by atoms with E-state index in [-0.39, 0.29) is 0 Å². The number of likely N-dealkylation sites (tertiary alicyclic amines) is 1. The molecule has 2 fully saturated rings. The van der Waals surface area contributed by atoms with Gasteiger partial charge in [0.2, 0.25) is 0 Å². The van der Waals surface area contributed by atoms with Gasteiger partial charge in [0.05, 0.1) is 0 Å². The van der Waals surface area contributed by atoms with E-state index in [9.17, 15) is 0 Å². The Kier molecular flexibility index (Phi) is 4.81. The number of hydrogen-bond acceptors (Lipinski definition) is 3. The highest BCUT2D eigenvalue weighted by Crippen LogP contribution is 2.24. The van der Waals surface area contributed by atoms with Gasteiger partial charge in [-0.25, -0.2) is 0 Å². The minimum Gasteiger partial charge on any atom is -0.373 e. The van der Waals surface area contributed by atoms with Gasteiger partial charge in [0.25, 0.3) is 0 Å². The van der Waals surface area contributed by atoms with Crippen molar-refractivity contribution in [3.63, 3.8) is 0 Å². The fourth-order valence-corrected chi connectivity index (χ4v) is 3.19. The number of hydrogen-bond donors (Lipinski definition) is 1. The van der Waals surface area contributed by atoms with E-state index in [0.717, 1.165) is 19.1 Å². The van der Waals surface area contributed by atoms with Crippen LogP contribution in [-0.2, 0) is 6.54 Å². The van der Waals surface area contributed by atoms with Crippen molar-refractivity contribution in [3.05, 3.63) is 29.3 Å². The molecule has 0 radical (unpaired) electrons. The molecule has 0 bridgehead atoms. The van der Waals surface area contributed by atoms with Gasteiger partial charge in [0.15, 0.2) is 0 Å². The second kappa shape index (κ2) is 6.80. The highest BCUT2D eigenvalue weighted by molar-refractivity contribution is 5.54. The first kappa shape index (κ1) is 14.9. The second-order valence-corrected chi connectivity index (χ2v) is 6.76. The summed E-state index contributed by atoms with van der Waals surface area (Å²) in [6.45, 7) is 8.10. The van der Waals surface area contributed by atoms with Crippen LogP contribution in [0.5, 0.6) is 0 Å². The normalized spacial score (nSPS) is 19.1. The Morgan fingerprint density at radius 1 is 1.24 bits per heavy atom. The lowest BCUT2D eigenvalue weighted by Gasteiger charge is -2.26. The third-order valence-corrected chi connectivity index (χ3v) is 4.76. The third kappa shape index (κ3) is 4.21. The van der Waals surface area contributed by atoms with Crippen LogP contribution >= 0.6 is 0 Å². The van der Waals surface area contributed by atoms with Crippen molar-refractivity contribution in [2.75, 3.05) is 38.1 Å². The summed E-state index contributed by atoms with van der Waals surface area (Å²) < 4.78 is 0. The molecule has 3 rings (SSSR count). The van der Waals surface area contributed by atoms with Crippen LogP contribution in [0.3, 0.4) is 0 Å². The Hall–Kier alpha value is -1.06. The van der Waals surface area contributed by atoms with E-state index in [4.69, 9.17) is 0 Å². The number of nitrogens with one attached hydrogen (secondary N) is 1. The van der Waals surface area contributed by atoms with Crippen LogP contribution in [0.1, 0.15) is 36.8 Å². The first-order chi connectivity index (χ1) is 10.2. The molecule has 2 aliphatic rings. The molecule has 1 aromatic rings. The van der Waals surface area contributed by atoms with Gasteiger partial charge < -0.3 is 15.1 Å². The van der Waals surface area contributed by atoms with Gasteiger partial charge in [-0.2, -0.15) is 0 Å². The van der Waals surface area contributed by atoms with Crippen molar-refractivity contribution >= 4 is 5.69 Å². The molecule has 21 heavy (non-hydrogen) atoms. The Bertz CT molecular complexity index is 462. The molecule has 1 aromatic carbocycles. The summed E-state index contributed by atoms with van der Waals surface area (Å²) in [7, 11) is 2.24. The topological polar surface area (TPSA) is 18.5 Å². The summed E-state index contributed by atoms with van der Waals surface area (Å²) in [4.78, 5) is 5.02. The predicted octanol–water partition coefficient (Wildman–Crippen LogP) is 2.78. The van der Waals surface area contributed by atoms with Gasteiger partial charge in [0.1, 0.15) is 0 Å². The molecule has 3 nitrogen and oxygen atoms in total. The summed E-state index contributed by atoms with van der Waals surface area (Å²) in [5, 5.41) is 3.66. The van der Waals surface area contributed by atoms with Gasteiger partial charge in [-0.3, -0.25) is 0 Å². The molecule has 116 valence electrons. The number of likely N-dealkylation sites (N-methyl/N-ethyl adjacent to an activating group) is 1. The Labute approximate surface area is 129 Å². The SMILES string of the molecule is Cc1ccc(N(C)CCN2CCCC2)c(CNC2CC2)c1. The lowest BCUT2D eigenvalue weighted by molar-refractivity contribution is 0.346. The van der Waals surface area contributed by atoms with Gasteiger partial charge in [0, 0.05) is 38.4 Å². The Morgan fingerprint density at radius 3 is 2.71 bits per heavy atom. The average molecular weight is 287 g/mol. The zero-order chi connectivity index (χ0) is 14.7. The molecule has 1 heterocycles. The van der Waals surface area contributed by atoms with Crippen LogP contribution in [0.4, 0.5) is 5.69 Å². The van der Waals surface area contributed by atoms with Crippen LogP contribution in [0.15, 0.2) is 18.2 Å². The van der Waals surface area contributed by atoms with Crippen LogP contribution in [0.2, 0.25) is 0 Å². The first-order valence-electron chi connectivity index (χ1n) is 8.49. The fraction of sp³-hybridized carbons (Fsp3) is 0.667. The van der Waals surface area contributed by atoms with Crippen LogP contribution in [0, 0.1) is 6.92 Å². The summed E-state index contributed by atoms with van der Waals surface area (Å²) in [5.41, 5.74) is 4.21. The summed E-state index contributed by atoms with van der Waals surface area (Å²) in [6, 6.07) is 7.65. The summed E-state index contributed by atoms with van der Waals surface area (Å²) in [5.74, 6) is 0. The van der Waals surface area contributed by atoms with E-state index < -0.39 is 0 Å². The molecule has 1 saturated carbocycles. The van der Waals surface area contributed by atoms with E-state index >= 15 is 0 Å². The van der Waals surface area contributed by atoms with Gasteiger partial charge in [-0.1, -0.05) is 17.7 Å². The molecule has 1 N–H and O–H groups in total. The summed E-state index contributed by atoms with van der Waals surface area (Å²) in [6.07, 6.45) is 5.47. The van der Waals surface area contributed by atoms with Crippen molar-refractivity contribution in [1.29, 1.82) is 0 Å². The Balaban J connectivity index is 1.60. The quantitative estimate of drug-likeness (QED) is 0.832. The fourth-order valence-electron chi connectivity index (χ4n) is 3.19. The number of anilines is 1. The van der Waals surface area contributed by atoms with Crippen molar-refractivity contribution in [3.8, 4) is 0 Å². The van der Waals surface area contributed by atoms with Gasteiger partial charge >= 0.3 is 0 Å². The number of nitrogens with zero attached hydrogens (tertiary/aromatic N) is 2. The molecular weight excluding hydrogens is 258 g/mol. The van der Waals surface area contributed by atoms with E-state index in [0.29, 0.717) is 0 Å². The van der Waals surface area contributed by atoms with Crippen molar-refractivity contribution in [1.82, 2.24) is 10.2 Å². The standard InChI is InChI=1S/C18H29N3/c1-15-5-8-18(16(13-15)14-19-17-6-7-17)20(2)11-12-21-9-3-4-10-21/h5,8,13,17,19H,3-4,6-7,9-12,14H2,1-2H3. The maximum Gasteiger partial charge on any atom is 0.0409 e. The molecular formula is C18H29N3. The minimum atomic E-state index is 0.772. The monoisotopic (exact) mass is 287 g/mol. The van der Waals surface area contributed by atoms with E-state index in [2.05, 4.69) is 47.3 Å². The second-order valence-electron chi connectivity index (χ2n) is 6.76. The largest absolute Gasteiger partial charge is 0.373 e. The van der Waals surface area contributed by atoms with Gasteiger partial charge in [-0.15, -0.1) is 0 Å². The maximum atomic E-state index is 3.66. The van der Waals surface area contributed by atoms with E-state index in [1.165, 1.54) is 62.1 Å².